The fourth-order valence-corrected chi connectivity index (χ4v) is 2.28. The lowest BCUT2D eigenvalue weighted by atomic mass is 10.1. The summed E-state index contributed by atoms with van der Waals surface area (Å²) in [6.07, 6.45) is 0.171. The van der Waals surface area contributed by atoms with E-state index in [0.717, 1.165) is 0 Å². The number of rotatable bonds is 3. The van der Waals surface area contributed by atoms with Crippen molar-refractivity contribution in [3.8, 4) is 6.07 Å². The Balaban J connectivity index is 1.98. The summed E-state index contributed by atoms with van der Waals surface area (Å²) in [6, 6.07) is 6.13. The second-order valence-electron chi connectivity index (χ2n) is 3.78. The molecule has 1 aliphatic heterocycles. The third kappa shape index (κ3) is 3.24. The molecule has 0 saturated heterocycles. The Bertz CT molecular complexity index is 583. The number of aliphatic hydroxyl groups excluding tert-OH is 1. The number of hydrogen-bond acceptors (Lipinski definition) is 5. The first kappa shape index (κ1) is 13.4. The molecule has 98 valence electrons. The maximum Gasteiger partial charge on any atom is 0.273 e. The van der Waals surface area contributed by atoms with E-state index >= 15 is 0 Å². The second-order valence-corrected chi connectivity index (χ2v) is 4.80. The van der Waals surface area contributed by atoms with Crippen LogP contribution in [0.5, 0.6) is 0 Å². The first-order chi connectivity index (χ1) is 9.10. The predicted molar refractivity (Wildman–Crippen MR) is 67.8 cm³/mol. The highest BCUT2D eigenvalue weighted by Gasteiger charge is 2.19. The van der Waals surface area contributed by atoms with Gasteiger partial charge in [0, 0.05) is 12.0 Å². The molecule has 3 N–H and O–H groups in total. The summed E-state index contributed by atoms with van der Waals surface area (Å²) in [5.74, 6) is -0.627. The van der Waals surface area contributed by atoms with Gasteiger partial charge in [0.15, 0.2) is 0 Å². The number of halogens is 1. The number of benzene rings is 1. The van der Waals surface area contributed by atoms with Crippen molar-refractivity contribution in [2.24, 2.45) is 0 Å². The van der Waals surface area contributed by atoms with Crippen LogP contribution in [0.2, 0.25) is 0 Å². The molecule has 1 aromatic carbocycles. The fourth-order valence-electron chi connectivity index (χ4n) is 1.44. The highest BCUT2D eigenvalue weighted by atomic mass is 32.2. The van der Waals surface area contributed by atoms with E-state index in [9.17, 15) is 14.3 Å². The van der Waals surface area contributed by atoms with Gasteiger partial charge in [0.2, 0.25) is 6.23 Å². The molecule has 1 heterocycles. The molecule has 19 heavy (non-hydrogen) atoms. The lowest BCUT2D eigenvalue weighted by molar-refractivity contribution is -0.130. The maximum absolute atomic E-state index is 13.4. The minimum Gasteiger partial charge on any atom is -0.366 e. The zero-order chi connectivity index (χ0) is 13.8. The maximum atomic E-state index is 13.4. The van der Waals surface area contributed by atoms with E-state index in [1.165, 1.54) is 30.1 Å². The summed E-state index contributed by atoms with van der Waals surface area (Å²) in [5.41, 5.74) is 0.710. The molecule has 1 aliphatic rings. The number of amides is 1. The van der Waals surface area contributed by atoms with E-state index in [0.29, 0.717) is 16.3 Å². The van der Waals surface area contributed by atoms with Crippen LogP contribution in [0.25, 0.3) is 0 Å². The van der Waals surface area contributed by atoms with Gasteiger partial charge in [0.05, 0.1) is 10.6 Å². The molecule has 1 unspecified atom stereocenters. The molecule has 0 saturated carbocycles. The van der Waals surface area contributed by atoms with Crippen molar-refractivity contribution in [3.05, 3.63) is 46.4 Å². The number of nitriles is 1. The fraction of sp³-hybridized carbons (Fsp3) is 0.167. The third-order valence-electron chi connectivity index (χ3n) is 2.42. The molecule has 0 spiro atoms. The summed E-state index contributed by atoms with van der Waals surface area (Å²) in [7, 11) is 0. The van der Waals surface area contributed by atoms with Gasteiger partial charge in [-0.05, 0) is 17.7 Å². The van der Waals surface area contributed by atoms with E-state index in [1.54, 1.807) is 12.1 Å². The quantitative estimate of drug-likeness (QED) is 0.761. The van der Waals surface area contributed by atoms with Crippen LogP contribution in [0, 0.1) is 17.1 Å². The van der Waals surface area contributed by atoms with Gasteiger partial charge in [0.1, 0.15) is 11.9 Å². The topological polar surface area (TPSA) is 85.2 Å². The number of carbonyl (C=O) groups is 1. The number of aliphatic hydroxyl groups is 1. The average molecular weight is 279 g/mol. The second kappa shape index (κ2) is 5.73. The SMILES string of the molecule is N#Cc1ccc(CSC2=CNC(=O)C(O)N2)cc1F. The largest absolute Gasteiger partial charge is 0.366 e. The highest BCUT2D eigenvalue weighted by molar-refractivity contribution is 8.02. The van der Waals surface area contributed by atoms with Gasteiger partial charge in [-0.1, -0.05) is 6.07 Å². The minimum atomic E-state index is -1.27. The minimum absolute atomic E-state index is 0.00597. The Morgan fingerprint density at radius 3 is 2.95 bits per heavy atom. The van der Waals surface area contributed by atoms with Gasteiger partial charge in [-0.15, -0.1) is 11.8 Å². The summed E-state index contributed by atoms with van der Waals surface area (Å²) >= 11 is 1.30. The van der Waals surface area contributed by atoms with E-state index in [2.05, 4.69) is 10.6 Å². The van der Waals surface area contributed by atoms with Crippen LogP contribution >= 0.6 is 11.8 Å². The highest BCUT2D eigenvalue weighted by Crippen LogP contribution is 2.21. The lowest BCUT2D eigenvalue weighted by Crippen LogP contribution is -2.45. The Hall–Kier alpha value is -2.04. The van der Waals surface area contributed by atoms with Gasteiger partial charge < -0.3 is 15.7 Å². The van der Waals surface area contributed by atoms with Crippen LogP contribution in [0.4, 0.5) is 4.39 Å². The van der Waals surface area contributed by atoms with E-state index in [1.807, 2.05) is 0 Å². The molecule has 0 fully saturated rings. The van der Waals surface area contributed by atoms with E-state index in [4.69, 9.17) is 5.26 Å². The number of carbonyl (C=O) groups excluding carboxylic acids is 1. The molecule has 2 rings (SSSR count). The van der Waals surface area contributed by atoms with Gasteiger partial charge in [0.25, 0.3) is 5.91 Å². The Labute approximate surface area is 113 Å². The van der Waals surface area contributed by atoms with Crippen LogP contribution in [0.15, 0.2) is 29.4 Å². The molecule has 1 amide bonds. The van der Waals surface area contributed by atoms with Crippen LogP contribution in [-0.2, 0) is 10.5 Å². The monoisotopic (exact) mass is 279 g/mol. The Morgan fingerprint density at radius 1 is 1.53 bits per heavy atom. The molecule has 0 radical (unpaired) electrons. The van der Waals surface area contributed by atoms with Gasteiger partial charge in [-0.3, -0.25) is 4.79 Å². The summed E-state index contributed by atoms with van der Waals surface area (Å²) in [4.78, 5) is 11.0. The molecule has 1 atom stereocenters. The zero-order valence-electron chi connectivity index (χ0n) is 9.68. The molecular formula is C12H10FN3O2S. The molecule has 1 aromatic rings. The van der Waals surface area contributed by atoms with E-state index in [-0.39, 0.29) is 5.56 Å². The molecule has 5 nitrogen and oxygen atoms in total. The normalized spacial score (nSPS) is 18.1. The first-order valence-electron chi connectivity index (χ1n) is 5.36. The smallest absolute Gasteiger partial charge is 0.273 e. The van der Waals surface area contributed by atoms with Crippen molar-refractivity contribution in [2.45, 2.75) is 12.0 Å². The van der Waals surface area contributed by atoms with Crippen LogP contribution in [0.3, 0.4) is 0 Å². The molecule has 7 heteroatoms. The Kier molecular flexibility index (Phi) is 4.04. The number of thioether (sulfide) groups is 1. The van der Waals surface area contributed by atoms with Crippen LogP contribution in [0.1, 0.15) is 11.1 Å². The Morgan fingerprint density at radius 2 is 2.32 bits per heavy atom. The molecule has 0 aliphatic carbocycles. The van der Waals surface area contributed by atoms with Crippen molar-refractivity contribution in [1.29, 1.82) is 5.26 Å². The van der Waals surface area contributed by atoms with Crippen molar-refractivity contribution >= 4 is 17.7 Å². The number of nitrogens with zero attached hydrogens (tertiary/aromatic N) is 1. The van der Waals surface area contributed by atoms with Gasteiger partial charge >= 0.3 is 0 Å². The zero-order valence-corrected chi connectivity index (χ0v) is 10.5. The van der Waals surface area contributed by atoms with Crippen molar-refractivity contribution in [3.63, 3.8) is 0 Å². The third-order valence-corrected chi connectivity index (χ3v) is 3.45. The van der Waals surface area contributed by atoms with Crippen LogP contribution in [-0.4, -0.2) is 17.2 Å². The first-order valence-corrected chi connectivity index (χ1v) is 6.35. The molecule has 0 bridgehead atoms. The summed E-state index contributed by atoms with van der Waals surface area (Å²) < 4.78 is 13.4. The van der Waals surface area contributed by atoms with Gasteiger partial charge in [-0.2, -0.15) is 5.26 Å². The number of hydrogen-bond donors (Lipinski definition) is 3. The van der Waals surface area contributed by atoms with Gasteiger partial charge in [-0.25, -0.2) is 4.39 Å². The van der Waals surface area contributed by atoms with Crippen molar-refractivity contribution in [1.82, 2.24) is 10.6 Å². The number of nitrogens with one attached hydrogen (secondary N) is 2. The molecule has 0 aromatic heterocycles. The standard InChI is InChI=1S/C12H10FN3O2S/c13-9-3-7(1-2-8(9)4-14)6-19-10-5-15-11(17)12(18)16-10/h1-3,5,12,16,18H,6H2,(H,15,17). The average Bonchev–Trinajstić information content (AvgIpc) is 2.40. The van der Waals surface area contributed by atoms with E-state index < -0.39 is 18.0 Å². The van der Waals surface area contributed by atoms with Crippen molar-refractivity contribution < 1.29 is 14.3 Å². The predicted octanol–water partition coefficient (Wildman–Crippen LogP) is 0.767. The van der Waals surface area contributed by atoms with Crippen LogP contribution < -0.4 is 10.6 Å². The summed E-state index contributed by atoms with van der Waals surface area (Å²) in [5, 5.41) is 23.5. The summed E-state index contributed by atoms with van der Waals surface area (Å²) in [6.45, 7) is 0. The van der Waals surface area contributed by atoms with Crippen molar-refractivity contribution in [2.75, 3.05) is 0 Å². The molecular weight excluding hydrogens is 269 g/mol. The lowest BCUT2D eigenvalue weighted by Gasteiger charge is -2.20.